The fourth-order valence-corrected chi connectivity index (χ4v) is 0.212. The largest absolute Gasteiger partial charge is 0.238 e. The quantitative estimate of drug-likeness (QED) is 0.170. The number of hydrogen-bond donors (Lipinski definition) is 6. The van der Waals surface area contributed by atoms with Crippen LogP contribution in [0.4, 0.5) is 0 Å². The van der Waals surface area contributed by atoms with Crippen molar-refractivity contribution < 1.29 is 0 Å². The van der Waals surface area contributed by atoms with Gasteiger partial charge in [0, 0.05) is 0 Å². The second-order valence-electron chi connectivity index (χ2n) is 1.40. The molecule has 0 radical (unpaired) electrons. The van der Waals surface area contributed by atoms with E-state index in [1.807, 2.05) is 0 Å². The second-order valence-corrected chi connectivity index (χ2v) is 1.40. The van der Waals surface area contributed by atoms with Crippen molar-refractivity contribution in [1.29, 1.82) is 0 Å². The van der Waals surface area contributed by atoms with E-state index in [2.05, 4.69) is 0 Å². The highest BCUT2D eigenvalue weighted by molar-refractivity contribution is 4.16. The predicted octanol–water partition coefficient (Wildman–Crippen LogP) is -4.82. The maximum atomic E-state index is 5.07. The molecule has 0 aliphatic heterocycles. The van der Waals surface area contributed by atoms with Crippen LogP contribution in [0.3, 0.4) is 0 Å². The SMILES string of the molecule is NN(N)N(N)N(N)N(N)N. The van der Waals surface area contributed by atoms with Crippen LogP contribution < -0.4 is 35.1 Å². The van der Waals surface area contributed by atoms with E-state index >= 15 is 0 Å². The molecule has 12 N–H and O–H groups in total. The topological polar surface area (TPSA) is 169 Å². The molecule has 0 saturated carbocycles. The highest BCUT2D eigenvalue weighted by Crippen LogP contribution is 1.77. The molecule has 0 fully saturated rings. The molecule has 0 rings (SSSR count). The normalized spacial score (nSPS) is 12.6. The molecule has 0 aliphatic carbocycles. The van der Waals surface area contributed by atoms with Crippen LogP contribution in [0, 0.1) is 0 Å². The Balaban J connectivity index is 3.81. The summed E-state index contributed by atoms with van der Waals surface area (Å²) in [6.45, 7) is 0. The van der Waals surface area contributed by atoms with E-state index in [1.165, 1.54) is 0 Å². The van der Waals surface area contributed by atoms with Crippen LogP contribution in [-0.2, 0) is 0 Å². The van der Waals surface area contributed by atoms with E-state index in [0.717, 1.165) is 0 Å². The van der Waals surface area contributed by atoms with Crippen LogP contribution >= 0.6 is 0 Å². The van der Waals surface area contributed by atoms with Gasteiger partial charge in [0.15, 0.2) is 0 Å². The van der Waals surface area contributed by atoms with Crippen LogP contribution in [0.25, 0.3) is 0 Å². The molecule has 10 heavy (non-hydrogen) atoms. The Morgan fingerprint density at radius 1 is 0.500 bits per heavy atom. The van der Waals surface area contributed by atoms with Gasteiger partial charge in [0.05, 0.1) is 0 Å². The van der Waals surface area contributed by atoms with Crippen LogP contribution in [0.2, 0.25) is 0 Å². The lowest BCUT2D eigenvalue weighted by Crippen LogP contribution is -2.72. The molecular formula is H12N10. The summed E-state index contributed by atoms with van der Waals surface area (Å²) in [5, 5.41) is 2.15. The summed E-state index contributed by atoms with van der Waals surface area (Å²) in [5.74, 6) is 29.8. The fraction of sp³-hybridized carbons (Fsp3) is 0. The van der Waals surface area contributed by atoms with E-state index in [9.17, 15) is 0 Å². The molecule has 0 aromatic rings. The molecule has 0 aliphatic rings. The van der Waals surface area contributed by atoms with Crippen molar-refractivity contribution >= 4 is 0 Å². The first-order chi connectivity index (χ1) is 4.46. The van der Waals surface area contributed by atoms with Crippen LogP contribution in [-0.4, -0.2) is 20.9 Å². The minimum Gasteiger partial charge on any atom is -0.238 e. The highest BCUT2D eigenvalue weighted by Gasteiger charge is 2.12. The third-order valence-corrected chi connectivity index (χ3v) is 0.683. The lowest BCUT2D eigenvalue weighted by Gasteiger charge is -2.32. The number of hydrogen-bond acceptors (Lipinski definition) is 10. The van der Waals surface area contributed by atoms with Gasteiger partial charge < -0.3 is 0 Å². The average Bonchev–Trinajstić information content (AvgIpc) is 1.84. The third kappa shape index (κ3) is 2.46. The number of hydrazine groups is 9. The molecule has 62 valence electrons. The monoisotopic (exact) mass is 152 g/mol. The molecule has 0 heterocycles. The standard InChI is InChI=1S/H12N10/c1-7(2)9(5)10(6)8(3)4/h1-6H2. The van der Waals surface area contributed by atoms with Gasteiger partial charge in [0.2, 0.25) is 0 Å². The highest BCUT2D eigenvalue weighted by atomic mass is 16.2. The second kappa shape index (κ2) is 3.69. The Morgan fingerprint density at radius 2 is 0.700 bits per heavy atom. The van der Waals surface area contributed by atoms with E-state index in [4.69, 9.17) is 35.1 Å². The third-order valence-electron chi connectivity index (χ3n) is 0.683. The Kier molecular flexibility index (Phi) is 3.54. The van der Waals surface area contributed by atoms with Crippen LogP contribution in [0.1, 0.15) is 0 Å². The first kappa shape index (κ1) is 9.60. The van der Waals surface area contributed by atoms with Gasteiger partial charge in [-0.05, 0) is 10.5 Å². The molecule has 10 heteroatoms. The Morgan fingerprint density at radius 3 is 0.800 bits per heavy atom. The van der Waals surface area contributed by atoms with Gasteiger partial charge in [-0.3, -0.25) is 0 Å². The van der Waals surface area contributed by atoms with Crippen LogP contribution in [0.15, 0.2) is 0 Å². The molecule has 10 nitrogen and oxygen atoms in total. The summed E-state index contributed by atoms with van der Waals surface area (Å²) >= 11 is 0. The molecule has 0 atom stereocenters. The minimum atomic E-state index is 0.493. The van der Waals surface area contributed by atoms with Gasteiger partial charge in [-0.15, -0.1) is 0 Å². The van der Waals surface area contributed by atoms with Crippen molar-refractivity contribution in [2.45, 2.75) is 0 Å². The smallest absolute Gasteiger partial charge is 0.0492 e. The van der Waals surface area contributed by atoms with E-state index in [0.29, 0.717) is 20.9 Å². The maximum Gasteiger partial charge on any atom is -0.0492 e. The van der Waals surface area contributed by atoms with Gasteiger partial charge in [0.1, 0.15) is 0 Å². The van der Waals surface area contributed by atoms with Gasteiger partial charge in [-0.2, -0.15) is 0 Å². The van der Waals surface area contributed by atoms with Crippen molar-refractivity contribution in [3.63, 3.8) is 0 Å². The maximum absolute atomic E-state index is 5.07. The van der Waals surface area contributed by atoms with Crippen LogP contribution in [0.5, 0.6) is 0 Å². The van der Waals surface area contributed by atoms with E-state index in [-0.39, 0.29) is 0 Å². The molecular weight excluding hydrogens is 140 g/mol. The summed E-state index contributed by atoms with van der Waals surface area (Å²) < 4.78 is 0. The average molecular weight is 152 g/mol. The number of nitrogens with zero attached hydrogens (tertiary/aromatic N) is 4. The van der Waals surface area contributed by atoms with Gasteiger partial charge in [-0.1, -0.05) is 10.5 Å². The van der Waals surface area contributed by atoms with Crippen molar-refractivity contribution in [2.75, 3.05) is 0 Å². The zero-order valence-corrected chi connectivity index (χ0v) is 5.25. The summed E-state index contributed by atoms with van der Waals surface area (Å²) in [6, 6.07) is 0. The van der Waals surface area contributed by atoms with Gasteiger partial charge in [0.25, 0.3) is 0 Å². The summed E-state index contributed by atoms with van der Waals surface area (Å²) in [5.41, 5.74) is 0. The zero-order valence-electron chi connectivity index (χ0n) is 5.25. The Bertz CT molecular complexity index is 70.0. The van der Waals surface area contributed by atoms with Crippen molar-refractivity contribution in [2.24, 2.45) is 35.1 Å². The Labute approximate surface area is 57.2 Å². The molecule has 0 aromatic heterocycles. The Hall–Kier alpha value is -0.400. The minimum absolute atomic E-state index is 0.493. The van der Waals surface area contributed by atoms with Crippen molar-refractivity contribution in [3.8, 4) is 0 Å². The molecule has 0 unspecified atom stereocenters. The van der Waals surface area contributed by atoms with Gasteiger partial charge >= 0.3 is 0 Å². The number of rotatable bonds is 3. The lowest BCUT2D eigenvalue weighted by atomic mass is 11.8. The van der Waals surface area contributed by atoms with Crippen molar-refractivity contribution in [3.05, 3.63) is 0 Å². The molecule has 0 bridgehead atoms. The summed E-state index contributed by atoms with van der Waals surface area (Å²) in [6.07, 6.45) is 0. The summed E-state index contributed by atoms with van der Waals surface area (Å²) in [7, 11) is 0. The number of nitrogens with two attached hydrogens (primary N) is 6. The zero-order chi connectivity index (χ0) is 8.31. The first-order valence-electron chi connectivity index (χ1n) is 2.15. The fourth-order valence-electron chi connectivity index (χ4n) is 0.212. The summed E-state index contributed by atoms with van der Waals surface area (Å²) in [4.78, 5) is 0. The lowest BCUT2D eigenvalue weighted by molar-refractivity contribution is -0.292. The first-order valence-corrected chi connectivity index (χ1v) is 2.15. The van der Waals surface area contributed by atoms with E-state index in [1.54, 1.807) is 0 Å². The van der Waals surface area contributed by atoms with E-state index < -0.39 is 0 Å². The molecule has 0 saturated heterocycles. The predicted molar refractivity (Wildman–Crippen MR) is 32.5 cm³/mol. The molecule has 0 spiro atoms. The molecule has 0 amide bonds. The molecule has 0 aromatic carbocycles. The van der Waals surface area contributed by atoms with Gasteiger partial charge in [-0.25, -0.2) is 35.1 Å². The van der Waals surface area contributed by atoms with Crippen molar-refractivity contribution in [1.82, 2.24) is 20.9 Å².